The normalized spacial score (nSPS) is 22.5. The third-order valence-corrected chi connectivity index (χ3v) is 7.82. The summed E-state index contributed by atoms with van der Waals surface area (Å²) in [7, 11) is 1.55. The van der Waals surface area contributed by atoms with Crippen LogP contribution >= 0.6 is 11.3 Å². The molecule has 1 N–H and O–H groups in total. The van der Waals surface area contributed by atoms with E-state index in [0.717, 1.165) is 36.1 Å². The number of anilines is 1. The van der Waals surface area contributed by atoms with Gasteiger partial charge < -0.3 is 15.0 Å². The maximum absolute atomic E-state index is 13.6. The van der Waals surface area contributed by atoms with Crippen LogP contribution in [0.25, 0.3) is 0 Å². The van der Waals surface area contributed by atoms with Gasteiger partial charge in [0, 0.05) is 10.9 Å². The molecule has 1 saturated heterocycles. The van der Waals surface area contributed by atoms with E-state index < -0.39 is 6.04 Å². The number of benzene rings is 1. The lowest BCUT2D eigenvalue weighted by Gasteiger charge is -2.34. The molecule has 1 aliphatic carbocycles. The van der Waals surface area contributed by atoms with Gasteiger partial charge in [-0.1, -0.05) is 25.0 Å². The Kier molecular flexibility index (Phi) is 6.01. The van der Waals surface area contributed by atoms with E-state index in [1.165, 1.54) is 11.3 Å². The van der Waals surface area contributed by atoms with Crippen molar-refractivity contribution in [2.75, 3.05) is 12.4 Å². The Morgan fingerprint density at radius 1 is 1.23 bits per heavy atom. The number of hydrogen-bond acceptors (Lipinski definition) is 5. The number of carbonyl (C=O) groups excluding carboxylic acids is 2. The predicted octanol–water partition coefficient (Wildman–Crippen LogP) is 4.66. The number of hydrogen-bond donors (Lipinski definition) is 1. The van der Waals surface area contributed by atoms with Crippen LogP contribution in [-0.2, 0) is 4.79 Å². The van der Waals surface area contributed by atoms with Crippen LogP contribution in [0, 0.1) is 31.1 Å². The lowest BCUT2D eigenvalue weighted by molar-refractivity contribution is -0.120. The maximum atomic E-state index is 13.6. The molecule has 6 nitrogen and oxygen atoms in total. The summed E-state index contributed by atoms with van der Waals surface area (Å²) in [5, 5.41) is 13.1. The summed E-state index contributed by atoms with van der Waals surface area (Å²) in [5.74, 6) is 0.467. The number of likely N-dealkylation sites (tertiary alicyclic amines) is 1. The lowest BCUT2D eigenvalue weighted by Crippen LogP contribution is -2.47. The molecule has 0 bridgehead atoms. The number of fused-ring (bicyclic) bond motifs is 1. The largest absolute Gasteiger partial charge is 0.496 e. The molecule has 2 fully saturated rings. The number of nitriles is 1. The summed E-state index contributed by atoms with van der Waals surface area (Å²) in [6, 6.07) is 8.88. The number of methoxy groups -OCH3 is 1. The maximum Gasteiger partial charge on any atom is 0.258 e. The third-order valence-electron chi connectivity index (χ3n) is 6.70. The molecule has 7 heteroatoms. The van der Waals surface area contributed by atoms with Gasteiger partial charge in [-0.2, -0.15) is 5.26 Å². The van der Waals surface area contributed by atoms with E-state index in [1.54, 1.807) is 24.1 Å². The first-order valence-corrected chi connectivity index (χ1v) is 11.5. The zero-order valence-electron chi connectivity index (χ0n) is 18.1. The van der Waals surface area contributed by atoms with Crippen molar-refractivity contribution in [2.45, 2.75) is 58.0 Å². The van der Waals surface area contributed by atoms with Gasteiger partial charge in [0.2, 0.25) is 5.91 Å². The molecule has 2 amide bonds. The van der Waals surface area contributed by atoms with Crippen LogP contribution in [0.5, 0.6) is 5.75 Å². The van der Waals surface area contributed by atoms with Gasteiger partial charge in [-0.25, -0.2) is 0 Å². The van der Waals surface area contributed by atoms with Gasteiger partial charge in [0.1, 0.15) is 22.9 Å². The minimum atomic E-state index is -0.556. The molecule has 1 saturated carbocycles. The van der Waals surface area contributed by atoms with Crippen molar-refractivity contribution in [2.24, 2.45) is 5.92 Å². The van der Waals surface area contributed by atoms with Crippen LogP contribution < -0.4 is 10.1 Å². The highest BCUT2D eigenvalue weighted by Gasteiger charge is 2.48. The van der Waals surface area contributed by atoms with Gasteiger partial charge in [-0.15, -0.1) is 11.3 Å². The second kappa shape index (κ2) is 8.72. The average molecular weight is 438 g/mol. The number of aryl methyl sites for hydroxylation is 1. The van der Waals surface area contributed by atoms with Crippen molar-refractivity contribution in [3.05, 3.63) is 45.8 Å². The first-order valence-electron chi connectivity index (χ1n) is 10.7. The van der Waals surface area contributed by atoms with Crippen LogP contribution in [0.3, 0.4) is 0 Å². The monoisotopic (exact) mass is 437 g/mol. The van der Waals surface area contributed by atoms with Gasteiger partial charge in [0.05, 0.1) is 18.2 Å². The second-order valence-electron chi connectivity index (χ2n) is 8.36. The summed E-state index contributed by atoms with van der Waals surface area (Å²) >= 11 is 1.41. The van der Waals surface area contributed by atoms with E-state index in [2.05, 4.69) is 11.4 Å². The molecule has 1 aromatic heterocycles. The summed E-state index contributed by atoms with van der Waals surface area (Å²) in [5.41, 5.74) is 1.88. The van der Waals surface area contributed by atoms with Crippen molar-refractivity contribution in [3.63, 3.8) is 0 Å². The fourth-order valence-corrected chi connectivity index (χ4v) is 6.01. The summed E-state index contributed by atoms with van der Waals surface area (Å²) in [6.45, 7) is 3.83. The quantitative estimate of drug-likeness (QED) is 0.754. The molecule has 0 unspecified atom stereocenters. The number of ether oxygens (including phenoxy) is 1. The molecule has 2 aromatic rings. The van der Waals surface area contributed by atoms with E-state index in [-0.39, 0.29) is 17.9 Å². The van der Waals surface area contributed by atoms with Crippen LogP contribution in [-0.4, -0.2) is 35.9 Å². The predicted molar refractivity (Wildman–Crippen MR) is 120 cm³/mol. The summed E-state index contributed by atoms with van der Waals surface area (Å²) < 4.78 is 5.42. The highest BCUT2D eigenvalue weighted by molar-refractivity contribution is 7.16. The van der Waals surface area contributed by atoms with Crippen molar-refractivity contribution < 1.29 is 14.3 Å². The van der Waals surface area contributed by atoms with E-state index >= 15 is 0 Å². The number of nitrogens with zero attached hydrogens (tertiary/aromatic N) is 2. The molecule has 162 valence electrons. The van der Waals surface area contributed by atoms with Crippen LogP contribution in [0.15, 0.2) is 24.3 Å². The van der Waals surface area contributed by atoms with Gasteiger partial charge in [0.25, 0.3) is 5.91 Å². The van der Waals surface area contributed by atoms with Crippen LogP contribution in [0.2, 0.25) is 0 Å². The smallest absolute Gasteiger partial charge is 0.258 e. The Bertz CT molecular complexity index is 1050. The molecular formula is C24H27N3O3S. The fourth-order valence-electron chi connectivity index (χ4n) is 4.99. The van der Waals surface area contributed by atoms with E-state index in [4.69, 9.17) is 4.74 Å². The SMILES string of the molecule is COc1ccccc1C(=O)N1[C@@H]2CCCC[C@H]2C[C@H]1C(=O)Nc1sc(C)c(C)c1C#N. The third kappa shape index (κ3) is 3.81. The molecule has 3 atom stereocenters. The standard InChI is InChI=1S/C24H27N3O3S/c1-14-15(2)31-23(18(14)13-25)26-22(28)20-12-16-8-4-6-10-19(16)27(20)24(29)17-9-5-7-11-21(17)30-3/h5,7,9,11,16,19-20H,4,6,8,10,12H2,1-3H3,(H,26,28)/t16-,19+,20-/m0/s1. The molecule has 0 radical (unpaired) electrons. The minimum Gasteiger partial charge on any atom is -0.496 e. The Labute approximate surface area is 186 Å². The van der Waals surface area contributed by atoms with E-state index in [9.17, 15) is 14.9 Å². The van der Waals surface area contributed by atoms with Gasteiger partial charge in [-0.3, -0.25) is 9.59 Å². The number of rotatable bonds is 4. The summed E-state index contributed by atoms with van der Waals surface area (Å²) in [6.07, 6.45) is 4.80. The number of amides is 2. The number of thiophene rings is 1. The molecule has 0 spiro atoms. The van der Waals surface area contributed by atoms with Gasteiger partial charge >= 0.3 is 0 Å². The van der Waals surface area contributed by atoms with Crippen molar-refractivity contribution in [3.8, 4) is 11.8 Å². The molecule has 1 aliphatic heterocycles. The zero-order valence-corrected chi connectivity index (χ0v) is 18.9. The molecule has 2 heterocycles. The lowest BCUT2D eigenvalue weighted by atomic mass is 9.84. The number of carbonyl (C=O) groups is 2. The van der Waals surface area contributed by atoms with Crippen molar-refractivity contribution in [1.82, 2.24) is 4.90 Å². The molecule has 31 heavy (non-hydrogen) atoms. The summed E-state index contributed by atoms with van der Waals surface area (Å²) in [4.78, 5) is 29.9. The molecule has 1 aromatic carbocycles. The molecular weight excluding hydrogens is 410 g/mol. The van der Waals surface area contributed by atoms with Gasteiger partial charge in [0.15, 0.2) is 0 Å². The highest BCUT2D eigenvalue weighted by Crippen LogP contribution is 2.42. The minimum absolute atomic E-state index is 0.0594. The van der Waals surface area contributed by atoms with Crippen molar-refractivity contribution in [1.29, 1.82) is 5.26 Å². The Morgan fingerprint density at radius 2 is 1.97 bits per heavy atom. The Morgan fingerprint density at radius 3 is 2.71 bits per heavy atom. The Hall–Kier alpha value is -2.85. The Balaban J connectivity index is 1.66. The van der Waals surface area contributed by atoms with E-state index in [0.29, 0.717) is 34.2 Å². The average Bonchev–Trinajstić information content (AvgIpc) is 3.30. The highest BCUT2D eigenvalue weighted by atomic mass is 32.1. The van der Waals surface area contributed by atoms with Crippen LogP contribution in [0.4, 0.5) is 5.00 Å². The van der Waals surface area contributed by atoms with E-state index in [1.807, 2.05) is 26.0 Å². The van der Waals surface area contributed by atoms with Crippen LogP contribution in [0.1, 0.15) is 58.5 Å². The fraction of sp³-hybridized carbons (Fsp3) is 0.458. The van der Waals surface area contributed by atoms with Gasteiger partial charge in [-0.05, 0) is 56.7 Å². The number of para-hydroxylation sites is 1. The topological polar surface area (TPSA) is 82.4 Å². The number of nitrogens with one attached hydrogen (secondary N) is 1. The van der Waals surface area contributed by atoms with Crippen molar-refractivity contribution >= 4 is 28.2 Å². The zero-order chi connectivity index (χ0) is 22.1. The molecule has 2 aliphatic rings. The second-order valence-corrected chi connectivity index (χ2v) is 9.59. The first-order chi connectivity index (χ1) is 15.0. The first kappa shape index (κ1) is 21.4. The molecule has 4 rings (SSSR count).